The average molecular weight is 483 g/mol. The first-order valence-electron chi connectivity index (χ1n) is 9.13. The highest BCUT2D eigenvalue weighted by Crippen LogP contribution is 2.38. The van der Waals surface area contributed by atoms with E-state index in [1.807, 2.05) is 0 Å². The summed E-state index contributed by atoms with van der Waals surface area (Å²) in [5, 5.41) is 2.36. The highest BCUT2D eigenvalue weighted by atomic mass is 32.2. The molecule has 32 heavy (non-hydrogen) atoms. The molecule has 11 heteroatoms. The fraction of sp³-hybridized carbons (Fsp3) is 0.190. The van der Waals surface area contributed by atoms with Crippen LogP contribution in [-0.4, -0.2) is 29.3 Å². The number of amides is 1. The molecule has 0 bridgehead atoms. The molecule has 0 spiro atoms. The largest absolute Gasteiger partial charge is 0.468 e. The van der Waals surface area contributed by atoms with Gasteiger partial charge in [-0.25, -0.2) is 0 Å². The Hall–Kier alpha value is -2.89. The van der Waals surface area contributed by atoms with Crippen molar-refractivity contribution in [3.8, 4) is 11.5 Å². The number of nitrogens with two attached hydrogens (primary N) is 1. The van der Waals surface area contributed by atoms with E-state index in [9.17, 15) is 22.8 Å². The summed E-state index contributed by atoms with van der Waals surface area (Å²) in [6.45, 7) is 0. The molecule has 0 saturated carbocycles. The molecule has 1 amide bonds. The first-order chi connectivity index (χ1) is 15.1. The SMILES string of the molecule is COC(=O)[C@@H](N)Cc1ccc(Oc2ccc(/C=C3/SC(=S)NC3=O)c(C(F)(F)F)c2)cc1. The third-order valence-corrected chi connectivity index (χ3v) is 5.54. The monoisotopic (exact) mass is 482 g/mol. The van der Waals surface area contributed by atoms with E-state index in [0.29, 0.717) is 5.75 Å². The topological polar surface area (TPSA) is 90.7 Å². The highest BCUT2D eigenvalue weighted by molar-refractivity contribution is 8.26. The minimum absolute atomic E-state index is 0.0301. The maximum Gasteiger partial charge on any atom is 0.417 e. The van der Waals surface area contributed by atoms with Gasteiger partial charge >= 0.3 is 12.1 Å². The molecule has 0 unspecified atom stereocenters. The zero-order valence-electron chi connectivity index (χ0n) is 16.6. The summed E-state index contributed by atoms with van der Waals surface area (Å²) in [6, 6.07) is 9.07. The van der Waals surface area contributed by atoms with Gasteiger partial charge in [0.2, 0.25) is 0 Å². The van der Waals surface area contributed by atoms with Crippen LogP contribution in [0.1, 0.15) is 16.7 Å². The van der Waals surface area contributed by atoms with E-state index in [2.05, 4.69) is 10.1 Å². The molecule has 0 radical (unpaired) electrons. The summed E-state index contributed by atoms with van der Waals surface area (Å²) in [6.07, 6.45) is -3.28. The second kappa shape index (κ2) is 9.72. The van der Waals surface area contributed by atoms with Crippen LogP contribution in [-0.2, 0) is 26.9 Å². The van der Waals surface area contributed by atoms with Gasteiger partial charge in [0.15, 0.2) is 0 Å². The van der Waals surface area contributed by atoms with Gasteiger partial charge in [-0.05, 0) is 47.9 Å². The van der Waals surface area contributed by atoms with Gasteiger partial charge < -0.3 is 20.5 Å². The summed E-state index contributed by atoms with van der Waals surface area (Å²) in [4.78, 5) is 23.3. The molecule has 0 aliphatic carbocycles. The van der Waals surface area contributed by atoms with Crippen LogP contribution < -0.4 is 15.8 Å². The molecule has 3 N–H and O–H groups in total. The van der Waals surface area contributed by atoms with Crippen molar-refractivity contribution in [1.82, 2.24) is 5.32 Å². The second-order valence-corrected chi connectivity index (χ2v) is 8.40. The Morgan fingerprint density at radius 3 is 2.44 bits per heavy atom. The van der Waals surface area contributed by atoms with E-state index in [0.717, 1.165) is 29.5 Å². The number of benzene rings is 2. The predicted molar refractivity (Wildman–Crippen MR) is 118 cm³/mol. The molecule has 6 nitrogen and oxygen atoms in total. The van der Waals surface area contributed by atoms with Gasteiger partial charge in [-0.3, -0.25) is 9.59 Å². The molecule has 1 aliphatic rings. The van der Waals surface area contributed by atoms with Crippen LogP contribution in [0.4, 0.5) is 13.2 Å². The minimum Gasteiger partial charge on any atom is -0.468 e. The fourth-order valence-electron chi connectivity index (χ4n) is 2.85. The van der Waals surface area contributed by atoms with Gasteiger partial charge in [-0.2, -0.15) is 13.2 Å². The first-order valence-corrected chi connectivity index (χ1v) is 10.4. The summed E-state index contributed by atoms with van der Waals surface area (Å²) in [5.41, 5.74) is 5.32. The quantitative estimate of drug-likeness (QED) is 0.365. The van der Waals surface area contributed by atoms with Crippen molar-refractivity contribution in [2.45, 2.75) is 18.6 Å². The van der Waals surface area contributed by atoms with Crippen molar-refractivity contribution in [1.29, 1.82) is 0 Å². The lowest BCUT2D eigenvalue weighted by Crippen LogP contribution is -2.33. The standard InChI is InChI=1S/C21H17F3N2O4S2/c1-29-19(28)16(25)8-11-2-5-13(6-3-11)30-14-7-4-12(15(10-14)21(22,23)24)9-17-18(27)26-20(31)32-17/h2-7,9-10,16H,8,25H2,1H3,(H,26,27,31)/b17-9+/t16-/m0/s1. The van der Waals surface area contributed by atoms with E-state index in [1.165, 1.54) is 19.2 Å². The van der Waals surface area contributed by atoms with Gasteiger partial charge in [0.25, 0.3) is 5.91 Å². The summed E-state index contributed by atoms with van der Waals surface area (Å²) in [7, 11) is 1.24. The zero-order chi connectivity index (χ0) is 23.5. The Labute approximate surface area is 190 Å². The molecule has 0 aromatic heterocycles. The third-order valence-electron chi connectivity index (χ3n) is 4.38. The molecule has 2 aromatic carbocycles. The highest BCUT2D eigenvalue weighted by Gasteiger charge is 2.34. The molecule has 1 fully saturated rings. The molecule has 2 aromatic rings. The maximum absolute atomic E-state index is 13.6. The number of methoxy groups -OCH3 is 1. The van der Waals surface area contributed by atoms with Gasteiger partial charge in [-0.1, -0.05) is 42.2 Å². The van der Waals surface area contributed by atoms with Crippen LogP contribution in [0.3, 0.4) is 0 Å². The van der Waals surface area contributed by atoms with Crippen molar-refractivity contribution in [2.24, 2.45) is 5.73 Å². The number of carbonyl (C=O) groups is 2. The van der Waals surface area contributed by atoms with Crippen molar-refractivity contribution in [3.63, 3.8) is 0 Å². The molecular formula is C21H17F3N2O4S2. The Morgan fingerprint density at radius 2 is 1.88 bits per heavy atom. The molecule has 3 rings (SSSR count). The number of thiocarbonyl (C=S) groups is 1. The van der Waals surface area contributed by atoms with E-state index < -0.39 is 29.7 Å². The van der Waals surface area contributed by atoms with Crippen molar-refractivity contribution < 1.29 is 32.2 Å². The van der Waals surface area contributed by atoms with Crippen LogP contribution >= 0.6 is 24.0 Å². The van der Waals surface area contributed by atoms with E-state index in [1.54, 1.807) is 24.3 Å². The van der Waals surface area contributed by atoms with Gasteiger partial charge in [0.1, 0.15) is 21.9 Å². The number of carbonyl (C=O) groups excluding carboxylic acids is 2. The smallest absolute Gasteiger partial charge is 0.417 e. The van der Waals surface area contributed by atoms with Gasteiger partial charge in [-0.15, -0.1) is 0 Å². The third kappa shape index (κ3) is 5.87. The molecule has 1 atom stereocenters. The summed E-state index contributed by atoms with van der Waals surface area (Å²) in [5.74, 6) is -0.816. The molecule has 168 valence electrons. The van der Waals surface area contributed by atoms with Gasteiger partial charge in [0.05, 0.1) is 17.6 Å². The van der Waals surface area contributed by atoms with Gasteiger partial charge in [0, 0.05) is 0 Å². The van der Waals surface area contributed by atoms with Crippen LogP contribution in [0.25, 0.3) is 6.08 Å². The normalized spacial score (nSPS) is 16.1. The lowest BCUT2D eigenvalue weighted by molar-refractivity contribution is -0.142. The number of rotatable bonds is 6. The van der Waals surface area contributed by atoms with Crippen molar-refractivity contribution >= 4 is 46.3 Å². The van der Waals surface area contributed by atoms with Crippen LogP contribution in [0.5, 0.6) is 11.5 Å². The molecule has 1 saturated heterocycles. The molecular weight excluding hydrogens is 465 g/mol. The number of thioether (sulfide) groups is 1. The summed E-state index contributed by atoms with van der Waals surface area (Å²) < 4.78 is 51.2. The molecule has 1 heterocycles. The van der Waals surface area contributed by atoms with Crippen LogP contribution in [0.2, 0.25) is 0 Å². The second-order valence-electron chi connectivity index (χ2n) is 6.68. The number of ether oxygens (including phenoxy) is 2. The Morgan fingerprint density at radius 1 is 1.22 bits per heavy atom. The predicted octanol–water partition coefficient (Wildman–Crippen LogP) is 4.03. The summed E-state index contributed by atoms with van der Waals surface area (Å²) >= 11 is 5.76. The average Bonchev–Trinajstić information content (AvgIpc) is 3.05. The number of esters is 1. The van der Waals surface area contributed by atoms with E-state index >= 15 is 0 Å². The number of alkyl halides is 3. The lowest BCUT2D eigenvalue weighted by Gasteiger charge is -2.14. The fourth-order valence-corrected chi connectivity index (χ4v) is 3.89. The molecule has 1 aliphatic heterocycles. The first kappa shape index (κ1) is 23.8. The Balaban J connectivity index is 1.80. The Kier molecular flexibility index (Phi) is 7.22. The zero-order valence-corrected chi connectivity index (χ0v) is 18.2. The Bertz CT molecular complexity index is 1090. The van der Waals surface area contributed by atoms with Crippen molar-refractivity contribution in [2.75, 3.05) is 7.11 Å². The van der Waals surface area contributed by atoms with E-state index in [-0.39, 0.29) is 27.0 Å². The maximum atomic E-state index is 13.6. The van der Waals surface area contributed by atoms with Crippen molar-refractivity contribution in [3.05, 3.63) is 64.1 Å². The number of hydrogen-bond donors (Lipinski definition) is 2. The minimum atomic E-state index is -4.67. The number of nitrogens with one attached hydrogen (secondary N) is 1. The lowest BCUT2D eigenvalue weighted by atomic mass is 10.1. The van der Waals surface area contributed by atoms with Crippen LogP contribution in [0, 0.1) is 0 Å². The van der Waals surface area contributed by atoms with Crippen LogP contribution in [0.15, 0.2) is 47.4 Å². The van der Waals surface area contributed by atoms with E-state index in [4.69, 9.17) is 22.7 Å². The number of hydrogen-bond acceptors (Lipinski definition) is 7. The number of halogens is 3.